The van der Waals surface area contributed by atoms with E-state index < -0.39 is 0 Å². The highest BCUT2D eigenvalue weighted by Crippen LogP contribution is 2.30. The summed E-state index contributed by atoms with van der Waals surface area (Å²) in [5.74, 6) is 0.614. The second kappa shape index (κ2) is 6.34. The molecule has 6 heteroatoms. The van der Waals surface area contributed by atoms with Crippen LogP contribution in [0.3, 0.4) is 0 Å². The van der Waals surface area contributed by atoms with Crippen LogP contribution in [-0.2, 0) is 23.1 Å². The Kier molecular flexibility index (Phi) is 4.39. The van der Waals surface area contributed by atoms with Gasteiger partial charge in [0.1, 0.15) is 5.82 Å². The molecule has 1 aromatic heterocycles. The zero-order valence-corrected chi connectivity index (χ0v) is 14.3. The molecular weight excluding hydrogens is 309 g/mol. The van der Waals surface area contributed by atoms with Crippen molar-refractivity contribution in [3.63, 3.8) is 0 Å². The molecule has 0 spiro atoms. The van der Waals surface area contributed by atoms with E-state index in [1.165, 1.54) is 6.07 Å². The van der Waals surface area contributed by atoms with Gasteiger partial charge in [-0.3, -0.25) is 4.79 Å². The van der Waals surface area contributed by atoms with Gasteiger partial charge in [-0.2, -0.15) is 4.98 Å². The first-order valence-electron chi connectivity index (χ1n) is 8.27. The van der Waals surface area contributed by atoms with Gasteiger partial charge in [-0.15, -0.1) is 0 Å². The number of para-hydroxylation sites is 1. The Morgan fingerprint density at radius 2 is 2.17 bits per heavy atom. The Morgan fingerprint density at radius 3 is 2.88 bits per heavy atom. The lowest BCUT2D eigenvalue weighted by Gasteiger charge is -2.29. The third-order valence-corrected chi connectivity index (χ3v) is 4.16. The number of nitrogens with zero attached hydrogens (tertiary/aromatic N) is 3. The number of amides is 1. The number of rotatable bonds is 3. The third kappa shape index (κ3) is 3.32. The zero-order valence-electron chi connectivity index (χ0n) is 14.3. The summed E-state index contributed by atoms with van der Waals surface area (Å²) in [6, 6.07) is 4.97. The number of hydrogen-bond acceptors (Lipinski definition) is 4. The van der Waals surface area contributed by atoms with E-state index in [1.54, 1.807) is 11.0 Å². The molecule has 1 aromatic carbocycles. The predicted octanol–water partition coefficient (Wildman–Crippen LogP) is 3.42. The van der Waals surface area contributed by atoms with Gasteiger partial charge < -0.3 is 9.42 Å². The molecule has 24 heavy (non-hydrogen) atoms. The number of hydrogen-bond donors (Lipinski definition) is 0. The van der Waals surface area contributed by atoms with Crippen molar-refractivity contribution >= 4 is 11.6 Å². The highest BCUT2D eigenvalue weighted by atomic mass is 19.1. The van der Waals surface area contributed by atoms with Crippen LogP contribution in [0.15, 0.2) is 22.7 Å². The Hall–Kier alpha value is -2.24. The van der Waals surface area contributed by atoms with E-state index in [4.69, 9.17) is 4.52 Å². The van der Waals surface area contributed by atoms with Crippen LogP contribution in [0, 0.1) is 5.82 Å². The van der Waals surface area contributed by atoms with Gasteiger partial charge in [0.05, 0.1) is 5.69 Å². The van der Waals surface area contributed by atoms with Crippen LogP contribution >= 0.6 is 0 Å². The maximum absolute atomic E-state index is 14.1. The van der Waals surface area contributed by atoms with Crippen molar-refractivity contribution in [2.24, 2.45) is 0 Å². The lowest BCUT2D eigenvalue weighted by atomic mass is 9.96. The van der Waals surface area contributed by atoms with Gasteiger partial charge >= 0.3 is 0 Å². The maximum Gasteiger partial charge on any atom is 0.227 e. The number of anilines is 1. The number of carbonyl (C=O) groups is 1. The highest BCUT2D eigenvalue weighted by molar-refractivity contribution is 5.94. The van der Waals surface area contributed by atoms with Crippen molar-refractivity contribution < 1.29 is 13.7 Å². The minimum absolute atomic E-state index is 0.114. The van der Waals surface area contributed by atoms with Crippen LogP contribution in [0.25, 0.3) is 0 Å². The molecule has 0 unspecified atom stereocenters. The summed E-state index contributed by atoms with van der Waals surface area (Å²) in [6.45, 7) is 6.55. The van der Waals surface area contributed by atoms with Crippen LogP contribution in [0.5, 0.6) is 0 Å². The fourth-order valence-corrected chi connectivity index (χ4v) is 2.86. The minimum atomic E-state index is -0.339. The fraction of sp³-hybridized carbons (Fsp3) is 0.500. The predicted molar refractivity (Wildman–Crippen MR) is 88.4 cm³/mol. The molecule has 1 amide bonds. The van der Waals surface area contributed by atoms with Crippen LogP contribution in [0.2, 0.25) is 0 Å². The molecule has 5 nitrogen and oxygen atoms in total. The Bertz CT molecular complexity index is 749. The minimum Gasteiger partial charge on any atom is -0.339 e. The summed E-state index contributed by atoms with van der Waals surface area (Å²) in [5, 5.41) is 3.96. The van der Waals surface area contributed by atoms with Crippen molar-refractivity contribution in [1.82, 2.24) is 10.1 Å². The van der Waals surface area contributed by atoms with Gasteiger partial charge in [-0.1, -0.05) is 38.1 Å². The van der Waals surface area contributed by atoms with E-state index in [1.807, 2.05) is 26.8 Å². The van der Waals surface area contributed by atoms with Gasteiger partial charge in [-0.25, -0.2) is 4.39 Å². The Balaban J connectivity index is 1.70. The summed E-state index contributed by atoms with van der Waals surface area (Å²) in [5.41, 5.74) is 1.12. The van der Waals surface area contributed by atoms with E-state index >= 15 is 0 Å². The standard InChI is InChI=1S/C18H22FN3O2/c1-18(2,3)17-20-14(24-21-17)9-10-15(23)22-11-5-7-12-6-4-8-13(19)16(12)22/h4,6,8H,5,7,9-11H2,1-3H3. The van der Waals surface area contributed by atoms with E-state index in [0.717, 1.165) is 18.4 Å². The molecule has 2 aromatic rings. The molecule has 0 N–H and O–H groups in total. The summed E-state index contributed by atoms with van der Waals surface area (Å²) in [6.07, 6.45) is 2.23. The molecule has 1 aliphatic heterocycles. The average molecular weight is 331 g/mol. The quantitative estimate of drug-likeness (QED) is 0.865. The molecule has 0 saturated heterocycles. The number of benzene rings is 1. The van der Waals surface area contributed by atoms with E-state index in [0.29, 0.717) is 30.4 Å². The van der Waals surface area contributed by atoms with Gasteiger partial charge in [0.25, 0.3) is 0 Å². The van der Waals surface area contributed by atoms with Crippen LogP contribution < -0.4 is 4.90 Å². The molecule has 0 radical (unpaired) electrons. The van der Waals surface area contributed by atoms with Crippen molar-refractivity contribution in [3.05, 3.63) is 41.3 Å². The van der Waals surface area contributed by atoms with Crippen LogP contribution in [0.4, 0.5) is 10.1 Å². The molecule has 128 valence electrons. The van der Waals surface area contributed by atoms with Gasteiger partial charge in [-0.05, 0) is 24.5 Å². The maximum atomic E-state index is 14.1. The summed E-state index contributed by atoms with van der Waals surface area (Å²) in [7, 11) is 0. The van der Waals surface area contributed by atoms with E-state index in [-0.39, 0.29) is 23.6 Å². The van der Waals surface area contributed by atoms with Gasteiger partial charge in [0.2, 0.25) is 11.8 Å². The van der Waals surface area contributed by atoms with Crippen LogP contribution in [0.1, 0.15) is 50.9 Å². The molecule has 0 atom stereocenters. The zero-order chi connectivity index (χ0) is 17.3. The molecule has 0 saturated carbocycles. The van der Waals surface area contributed by atoms with Crippen molar-refractivity contribution in [3.8, 4) is 0 Å². The van der Waals surface area contributed by atoms with Crippen molar-refractivity contribution in [2.45, 2.75) is 51.9 Å². The second-order valence-corrected chi connectivity index (χ2v) is 7.16. The summed E-state index contributed by atoms with van der Waals surface area (Å²) in [4.78, 5) is 18.4. The molecular formula is C18H22FN3O2. The number of fused-ring (bicyclic) bond motifs is 1. The molecule has 0 aliphatic carbocycles. The second-order valence-electron chi connectivity index (χ2n) is 7.16. The molecule has 1 aliphatic rings. The molecule has 0 fully saturated rings. The number of aromatic nitrogens is 2. The summed E-state index contributed by atoms with van der Waals surface area (Å²) < 4.78 is 19.4. The molecule has 0 bridgehead atoms. The smallest absolute Gasteiger partial charge is 0.227 e. The summed E-state index contributed by atoms with van der Waals surface area (Å²) >= 11 is 0. The van der Waals surface area contributed by atoms with Gasteiger partial charge in [0, 0.05) is 24.8 Å². The number of aryl methyl sites for hydroxylation is 2. The highest BCUT2D eigenvalue weighted by Gasteiger charge is 2.26. The van der Waals surface area contributed by atoms with Crippen molar-refractivity contribution in [2.75, 3.05) is 11.4 Å². The number of halogens is 1. The molecule has 2 heterocycles. The third-order valence-electron chi connectivity index (χ3n) is 4.16. The fourth-order valence-electron chi connectivity index (χ4n) is 2.86. The molecule has 3 rings (SSSR count). The normalized spacial score (nSPS) is 14.6. The van der Waals surface area contributed by atoms with Crippen molar-refractivity contribution in [1.29, 1.82) is 0 Å². The van der Waals surface area contributed by atoms with Gasteiger partial charge in [0.15, 0.2) is 5.82 Å². The largest absolute Gasteiger partial charge is 0.339 e. The first-order chi connectivity index (χ1) is 11.4. The first kappa shape index (κ1) is 16.6. The Morgan fingerprint density at radius 1 is 1.38 bits per heavy atom. The number of carbonyl (C=O) groups excluding carboxylic acids is 1. The average Bonchev–Trinajstić information content (AvgIpc) is 3.01. The van der Waals surface area contributed by atoms with Crippen LogP contribution in [-0.4, -0.2) is 22.6 Å². The SMILES string of the molecule is CC(C)(C)c1noc(CCC(=O)N2CCCc3cccc(F)c32)n1. The lowest BCUT2D eigenvalue weighted by Crippen LogP contribution is -2.36. The lowest BCUT2D eigenvalue weighted by molar-refractivity contribution is -0.118. The van der Waals surface area contributed by atoms with E-state index in [2.05, 4.69) is 10.1 Å². The van der Waals surface area contributed by atoms with E-state index in [9.17, 15) is 9.18 Å². The first-order valence-corrected chi connectivity index (χ1v) is 8.27. The topological polar surface area (TPSA) is 59.2 Å². The monoisotopic (exact) mass is 331 g/mol. The Labute approximate surface area is 140 Å².